The number of carbonyl (C=O) groups is 1. The molecule has 0 radical (unpaired) electrons. The number of rotatable bonds is 3. The molecule has 1 saturated heterocycles. The maximum absolute atomic E-state index is 11.4. The van der Waals surface area contributed by atoms with Crippen LogP contribution in [0, 0.1) is 0 Å². The highest BCUT2D eigenvalue weighted by molar-refractivity contribution is 5.82. The van der Waals surface area contributed by atoms with E-state index in [1.807, 2.05) is 30.3 Å². The Morgan fingerprint density at radius 2 is 2.14 bits per heavy atom. The van der Waals surface area contributed by atoms with Gasteiger partial charge in [0.05, 0.1) is 13.7 Å². The maximum Gasteiger partial charge on any atom is 0.340 e. The van der Waals surface area contributed by atoms with E-state index in [1.165, 1.54) is 7.11 Å². The van der Waals surface area contributed by atoms with E-state index in [2.05, 4.69) is 4.74 Å². The molecule has 0 amide bonds. The quantitative estimate of drug-likeness (QED) is 0.533. The first-order valence-electron chi connectivity index (χ1n) is 4.53. The van der Waals surface area contributed by atoms with Crippen molar-refractivity contribution in [1.29, 1.82) is 0 Å². The molecule has 0 saturated carbocycles. The summed E-state index contributed by atoms with van der Waals surface area (Å²) < 4.78 is 9.86. The fraction of sp³-hybridized carbons (Fsp3) is 0.364. The topological polar surface area (TPSA) is 38.8 Å². The van der Waals surface area contributed by atoms with E-state index in [0.717, 1.165) is 5.56 Å². The number of carbonyl (C=O) groups excluding carboxylic acids is 1. The van der Waals surface area contributed by atoms with Crippen LogP contribution in [-0.2, 0) is 20.7 Å². The molecule has 1 atom stereocenters. The van der Waals surface area contributed by atoms with E-state index in [1.54, 1.807) is 0 Å². The molecular weight excluding hydrogens is 180 g/mol. The summed E-state index contributed by atoms with van der Waals surface area (Å²) in [6.07, 6.45) is 0.598. The second-order valence-electron chi connectivity index (χ2n) is 3.44. The van der Waals surface area contributed by atoms with Crippen molar-refractivity contribution in [2.75, 3.05) is 13.7 Å². The van der Waals surface area contributed by atoms with E-state index < -0.39 is 5.60 Å². The molecule has 0 unspecified atom stereocenters. The van der Waals surface area contributed by atoms with Gasteiger partial charge in [-0.05, 0) is 5.56 Å². The lowest BCUT2D eigenvalue weighted by molar-refractivity contribution is -0.146. The highest BCUT2D eigenvalue weighted by Crippen LogP contribution is 2.32. The van der Waals surface area contributed by atoms with Crippen LogP contribution >= 0.6 is 0 Å². The summed E-state index contributed by atoms with van der Waals surface area (Å²) in [4.78, 5) is 11.4. The zero-order valence-corrected chi connectivity index (χ0v) is 8.03. The maximum atomic E-state index is 11.4. The Morgan fingerprint density at radius 1 is 1.50 bits per heavy atom. The number of hydrogen-bond donors (Lipinski definition) is 0. The molecule has 1 heterocycles. The lowest BCUT2D eigenvalue weighted by Crippen LogP contribution is -2.28. The van der Waals surface area contributed by atoms with E-state index in [9.17, 15) is 4.79 Å². The van der Waals surface area contributed by atoms with Crippen LogP contribution in [0.4, 0.5) is 0 Å². The summed E-state index contributed by atoms with van der Waals surface area (Å²) >= 11 is 0. The van der Waals surface area contributed by atoms with Crippen molar-refractivity contribution < 1.29 is 14.3 Å². The van der Waals surface area contributed by atoms with Gasteiger partial charge in [0.25, 0.3) is 0 Å². The van der Waals surface area contributed by atoms with Gasteiger partial charge in [-0.3, -0.25) is 0 Å². The Balaban J connectivity index is 2.08. The third-order valence-corrected chi connectivity index (χ3v) is 2.38. The van der Waals surface area contributed by atoms with Crippen LogP contribution in [0.15, 0.2) is 30.3 Å². The van der Waals surface area contributed by atoms with Crippen LogP contribution in [0.1, 0.15) is 5.56 Å². The largest absolute Gasteiger partial charge is 0.467 e. The lowest BCUT2D eigenvalue weighted by atomic mass is 10.0. The number of hydrogen-bond acceptors (Lipinski definition) is 3. The smallest absolute Gasteiger partial charge is 0.340 e. The Labute approximate surface area is 82.6 Å². The first kappa shape index (κ1) is 9.21. The van der Waals surface area contributed by atoms with Gasteiger partial charge < -0.3 is 9.47 Å². The molecule has 1 aromatic rings. The van der Waals surface area contributed by atoms with Gasteiger partial charge in [-0.25, -0.2) is 4.79 Å². The third kappa shape index (κ3) is 1.63. The summed E-state index contributed by atoms with van der Waals surface area (Å²) in [7, 11) is 1.39. The normalized spacial score (nSPS) is 24.4. The Morgan fingerprint density at radius 3 is 2.64 bits per heavy atom. The fourth-order valence-electron chi connectivity index (χ4n) is 1.49. The number of ether oxygens (including phenoxy) is 2. The Kier molecular flexibility index (Phi) is 2.25. The zero-order valence-electron chi connectivity index (χ0n) is 8.03. The summed E-state index contributed by atoms with van der Waals surface area (Å²) in [5.74, 6) is -0.277. The van der Waals surface area contributed by atoms with Crippen LogP contribution in [0.3, 0.4) is 0 Å². The molecule has 3 heteroatoms. The van der Waals surface area contributed by atoms with E-state index in [0.29, 0.717) is 13.0 Å². The predicted molar refractivity (Wildman–Crippen MR) is 50.8 cm³/mol. The minimum absolute atomic E-state index is 0.277. The van der Waals surface area contributed by atoms with Gasteiger partial charge in [-0.2, -0.15) is 0 Å². The molecule has 0 aliphatic carbocycles. The molecule has 14 heavy (non-hydrogen) atoms. The summed E-state index contributed by atoms with van der Waals surface area (Å²) in [5, 5.41) is 0. The molecule has 3 nitrogen and oxygen atoms in total. The highest BCUT2D eigenvalue weighted by Gasteiger charge is 2.53. The number of epoxide rings is 1. The molecule has 0 aromatic heterocycles. The molecule has 0 bridgehead atoms. The summed E-state index contributed by atoms with van der Waals surface area (Å²) in [6.45, 7) is 0.467. The number of methoxy groups -OCH3 is 1. The second kappa shape index (κ2) is 3.42. The van der Waals surface area contributed by atoms with Gasteiger partial charge in [-0.1, -0.05) is 30.3 Å². The molecule has 0 N–H and O–H groups in total. The van der Waals surface area contributed by atoms with Crippen LogP contribution in [0.5, 0.6) is 0 Å². The first-order valence-corrected chi connectivity index (χ1v) is 4.53. The molecule has 74 valence electrons. The monoisotopic (exact) mass is 192 g/mol. The van der Waals surface area contributed by atoms with Gasteiger partial charge >= 0.3 is 5.97 Å². The standard InChI is InChI=1S/C11H12O3/c1-13-10(12)11(8-14-11)7-9-5-3-2-4-6-9/h2-6H,7-8H2,1H3/t11-/m0/s1. The second-order valence-corrected chi connectivity index (χ2v) is 3.44. The lowest BCUT2D eigenvalue weighted by Gasteiger charge is -2.08. The van der Waals surface area contributed by atoms with Crippen molar-refractivity contribution in [3.05, 3.63) is 35.9 Å². The molecular formula is C11H12O3. The fourth-order valence-corrected chi connectivity index (χ4v) is 1.49. The SMILES string of the molecule is COC(=O)[C@]1(Cc2ccccc2)CO1. The Hall–Kier alpha value is -1.35. The van der Waals surface area contributed by atoms with Gasteiger partial charge in [0.2, 0.25) is 0 Å². The summed E-state index contributed by atoms with van der Waals surface area (Å²) in [6, 6.07) is 9.80. The van der Waals surface area contributed by atoms with Crippen LogP contribution < -0.4 is 0 Å². The van der Waals surface area contributed by atoms with Gasteiger partial charge in [0.1, 0.15) is 0 Å². The molecule has 1 aliphatic heterocycles. The van der Waals surface area contributed by atoms with Crippen molar-refractivity contribution >= 4 is 5.97 Å². The minimum Gasteiger partial charge on any atom is -0.467 e. The van der Waals surface area contributed by atoms with E-state index in [-0.39, 0.29) is 5.97 Å². The van der Waals surface area contributed by atoms with Crippen molar-refractivity contribution in [2.45, 2.75) is 12.0 Å². The van der Waals surface area contributed by atoms with Crippen molar-refractivity contribution in [3.8, 4) is 0 Å². The van der Waals surface area contributed by atoms with E-state index in [4.69, 9.17) is 4.74 Å². The predicted octanol–water partition coefficient (Wildman–Crippen LogP) is 1.17. The molecule has 1 aliphatic rings. The minimum atomic E-state index is -0.698. The van der Waals surface area contributed by atoms with Gasteiger partial charge in [0, 0.05) is 6.42 Å². The average molecular weight is 192 g/mol. The molecule has 0 spiro atoms. The first-order chi connectivity index (χ1) is 6.77. The molecule has 1 aromatic carbocycles. The van der Waals surface area contributed by atoms with E-state index >= 15 is 0 Å². The van der Waals surface area contributed by atoms with Crippen LogP contribution in [-0.4, -0.2) is 25.3 Å². The third-order valence-electron chi connectivity index (χ3n) is 2.38. The summed E-state index contributed by atoms with van der Waals surface area (Å²) in [5.41, 5.74) is 0.395. The zero-order chi connectivity index (χ0) is 10.0. The van der Waals surface area contributed by atoms with Crippen molar-refractivity contribution in [1.82, 2.24) is 0 Å². The average Bonchev–Trinajstić information content (AvgIpc) is 2.99. The van der Waals surface area contributed by atoms with Gasteiger partial charge in [-0.15, -0.1) is 0 Å². The highest BCUT2D eigenvalue weighted by atomic mass is 16.6. The van der Waals surface area contributed by atoms with Gasteiger partial charge in [0.15, 0.2) is 5.60 Å². The number of benzene rings is 1. The number of esters is 1. The molecule has 2 rings (SSSR count). The van der Waals surface area contributed by atoms with Crippen molar-refractivity contribution in [3.63, 3.8) is 0 Å². The van der Waals surface area contributed by atoms with Crippen LogP contribution in [0.2, 0.25) is 0 Å². The molecule has 1 fully saturated rings. The van der Waals surface area contributed by atoms with Crippen LogP contribution in [0.25, 0.3) is 0 Å². The Bertz CT molecular complexity index is 328. The van der Waals surface area contributed by atoms with Crippen molar-refractivity contribution in [2.24, 2.45) is 0 Å².